The zero-order valence-corrected chi connectivity index (χ0v) is 26.4. The molecule has 0 bridgehead atoms. The first kappa shape index (κ1) is 29.2. The van der Waals surface area contributed by atoms with Crippen molar-refractivity contribution in [2.75, 3.05) is 32.7 Å². The summed E-state index contributed by atoms with van der Waals surface area (Å²) < 4.78 is 6.97. The van der Waals surface area contributed by atoms with E-state index in [9.17, 15) is 14.4 Å². The zero-order valence-electron chi connectivity index (χ0n) is 26.4. The fraction of sp³-hybridized carbons (Fsp3) is 0.912. The van der Waals surface area contributed by atoms with Crippen LogP contribution in [0.25, 0.3) is 0 Å². The Bertz CT molecular complexity index is 1100. The third-order valence-corrected chi connectivity index (χ3v) is 14.2. The van der Waals surface area contributed by atoms with Gasteiger partial charge in [0.1, 0.15) is 17.9 Å². The quantitative estimate of drug-likeness (QED) is 0.441. The molecule has 3 aliphatic heterocycles. The molecule has 3 saturated heterocycles. The van der Waals surface area contributed by atoms with Gasteiger partial charge in [-0.2, -0.15) is 0 Å². The predicted octanol–water partition coefficient (Wildman–Crippen LogP) is 3.49. The van der Waals surface area contributed by atoms with E-state index in [2.05, 4.69) is 43.6 Å². The third-order valence-electron chi connectivity index (χ3n) is 14.2. The SMILES string of the molecule is C[C@@H]1CC[C@@]2(NC1)O[C@H]1C[C@H]3[C@@H]4CC[C@H]5C[C@@H](NC(=O)CC(=O)N6CCNCC6)CC[C@]5(C)[C@H]4CC(=O)[C@]3(C)[C@H]1[C@@H]2C. The van der Waals surface area contributed by atoms with Crippen LogP contribution in [0.2, 0.25) is 0 Å². The van der Waals surface area contributed by atoms with Gasteiger partial charge >= 0.3 is 0 Å². The van der Waals surface area contributed by atoms with Gasteiger partial charge in [0.2, 0.25) is 11.8 Å². The van der Waals surface area contributed by atoms with Crippen LogP contribution >= 0.6 is 0 Å². The van der Waals surface area contributed by atoms with Crippen molar-refractivity contribution in [3.05, 3.63) is 0 Å². The monoisotopic (exact) mass is 582 g/mol. The second-order valence-corrected chi connectivity index (χ2v) is 16.0. The highest BCUT2D eigenvalue weighted by molar-refractivity contribution is 5.97. The van der Waals surface area contributed by atoms with E-state index in [1.165, 1.54) is 19.3 Å². The fourth-order valence-electron chi connectivity index (χ4n) is 11.7. The van der Waals surface area contributed by atoms with Crippen LogP contribution in [0.15, 0.2) is 0 Å². The number of nitrogens with zero attached hydrogens (tertiary/aromatic N) is 1. The second kappa shape index (κ2) is 10.5. The highest BCUT2D eigenvalue weighted by Gasteiger charge is 2.71. The minimum Gasteiger partial charge on any atom is -0.357 e. The first-order chi connectivity index (χ1) is 20.0. The molecule has 0 aromatic heterocycles. The van der Waals surface area contributed by atoms with Gasteiger partial charge in [-0.1, -0.05) is 27.7 Å². The van der Waals surface area contributed by atoms with E-state index < -0.39 is 0 Å². The zero-order chi connectivity index (χ0) is 29.4. The molecule has 1 spiro atoms. The number of carbonyl (C=O) groups excluding carboxylic acids is 3. The molecule has 4 saturated carbocycles. The van der Waals surface area contributed by atoms with E-state index >= 15 is 0 Å². The summed E-state index contributed by atoms with van der Waals surface area (Å²) in [5.74, 6) is 3.64. The van der Waals surface area contributed by atoms with E-state index in [-0.39, 0.29) is 46.9 Å². The standard InChI is InChI=1S/C34H54N4O4/c1-20-7-10-34(36-19-20)21(2)31-27(42-34)16-26-24-6-5-22-15-23(37-29(40)18-30(41)38-13-11-35-12-14-38)8-9-32(22,3)25(24)17-28(39)33(26,31)4/h20-27,31,35-36H,5-19H2,1-4H3,(H,37,40)/t20-,21+,22+,23+,24-,25+,26+,27+,31+,32+,33-,34-/m1/s1. The Labute approximate surface area is 252 Å². The highest BCUT2D eigenvalue weighted by atomic mass is 16.5. The molecule has 0 aromatic rings. The summed E-state index contributed by atoms with van der Waals surface area (Å²) in [7, 11) is 0. The molecule has 7 aliphatic rings. The molecule has 8 heteroatoms. The van der Waals surface area contributed by atoms with Gasteiger partial charge in [0.05, 0.1) is 6.10 Å². The van der Waals surface area contributed by atoms with Gasteiger partial charge in [0, 0.05) is 62.4 Å². The summed E-state index contributed by atoms with van der Waals surface area (Å²) >= 11 is 0. The lowest BCUT2D eigenvalue weighted by Gasteiger charge is -2.60. The summed E-state index contributed by atoms with van der Waals surface area (Å²) in [6.07, 6.45) is 9.50. The van der Waals surface area contributed by atoms with Crippen molar-refractivity contribution < 1.29 is 19.1 Å². The Morgan fingerprint density at radius 2 is 1.81 bits per heavy atom. The molecule has 2 amide bonds. The van der Waals surface area contributed by atoms with Gasteiger partial charge in [0.25, 0.3) is 0 Å². The maximum Gasteiger partial charge on any atom is 0.232 e. The van der Waals surface area contributed by atoms with Crippen LogP contribution in [-0.4, -0.2) is 73.1 Å². The van der Waals surface area contributed by atoms with Crippen LogP contribution in [0.4, 0.5) is 0 Å². The van der Waals surface area contributed by atoms with Crippen molar-refractivity contribution in [1.82, 2.24) is 20.9 Å². The molecule has 3 N–H and O–H groups in total. The number of nitrogens with one attached hydrogen (secondary N) is 3. The molecule has 234 valence electrons. The normalized spacial score (nSPS) is 50.0. The maximum atomic E-state index is 14.4. The van der Waals surface area contributed by atoms with Crippen molar-refractivity contribution in [3.63, 3.8) is 0 Å². The second-order valence-electron chi connectivity index (χ2n) is 16.0. The molecule has 4 aliphatic carbocycles. The molecule has 12 atom stereocenters. The first-order valence-electron chi connectivity index (χ1n) is 17.3. The number of ether oxygens (including phenoxy) is 1. The van der Waals surface area contributed by atoms with Crippen molar-refractivity contribution in [2.24, 2.45) is 52.3 Å². The maximum absolute atomic E-state index is 14.4. The highest BCUT2D eigenvalue weighted by Crippen LogP contribution is 2.70. The van der Waals surface area contributed by atoms with Gasteiger partial charge in [-0.25, -0.2) is 0 Å². The first-order valence-corrected chi connectivity index (χ1v) is 17.3. The molecule has 0 unspecified atom stereocenters. The van der Waals surface area contributed by atoms with Crippen LogP contribution in [-0.2, 0) is 19.1 Å². The third kappa shape index (κ3) is 4.43. The fourth-order valence-corrected chi connectivity index (χ4v) is 11.7. The molecule has 7 rings (SSSR count). The average Bonchev–Trinajstić information content (AvgIpc) is 3.42. The van der Waals surface area contributed by atoms with E-state index in [0.29, 0.717) is 66.7 Å². The van der Waals surface area contributed by atoms with Gasteiger partial charge in [-0.05, 0) is 86.4 Å². The minimum absolute atomic E-state index is 0.0451. The van der Waals surface area contributed by atoms with Crippen LogP contribution in [0.5, 0.6) is 0 Å². The lowest BCUT2D eigenvalue weighted by atomic mass is 9.44. The number of carbonyl (C=O) groups is 3. The van der Waals surface area contributed by atoms with Crippen molar-refractivity contribution >= 4 is 17.6 Å². The Morgan fingerprint density at radius 3 is 2.55 bits per heavy atom. The molecular weight excluding hydrogens is 528 g/mol. The van der Waals surface area contributed by atoms with Gasteiger partial charge in [-0.15, -0.1) is 0 Å². The summed E-state index contributed by atoms with van der Waals surface area (Å²) in [6.45, 7) is 13.4. The molecule has 8 nitrogen and oxygen atoms in total. The molecule has 42 heavy (non-hydrogen) atoms. The number of fused-ring (bicyclic) bond motifs is 7. The van der Waals surface area contributed by atoms with Gasteiger partial charge in [0.15, 0.2) is 0 Å². The number of Topliss-reactive ketones (excluding diaryl/α,β-unsaturated/α-hetero) is 1. The van der Waals surface area contributed by atoms with E-state index in [1.54, 1.807) is 4.90 Å². The largest absolute Gasteiger partial charge is 0.357 e. The molecule has 0 radical (unpaired) electrons. The van der Waals surface area contributed by atoms with Crippen LogP contribution in [0.1, 0.15) is 91.9 Å². The molecule has 0 aromatic carbocycles. The average molecular weight is 583 g/mol. The van der Waals surface area contributed by atoms with Crippen molar-refractivity contribution in [2.45, 2.75) is 110 Å². The molecule has 7 fully saturated rings. The Balaban J connectivity index is 1.01. The topological polar surface area (TPSA) is 99.8 Å². The Kier molecular flexibility index (Phi) is 7.33. The minimum atomic E-state index is -0.273. The lowest BCUT2D eigenvalue weighted by Crippen LogP contribution is -2.60. The Morgan fingerprint density at radius 1 is 1.02 bits per heavy atom. The number of piperazine rings is 1. The van der Waals surface area contributed by atoms with Crippen molar-refractivity contribution in [3.8, 4) is 0 Å². The van der Waals surface area contributed by atoms with Crippen LogP contribution in [0.3, 0.4) is 0 Å². The summed E-state index contributed by atoms with van der Waals surface area (Å²) in [5.41, 5.74) is -0.371. The van der Waals surface area contributed by atoms with E-state index in [1.807, 2.05) is 0 Å². The van der Waals surface area contributed by atoms with E-state index in [4.69, 9.17) is 4.74 Å². The lowest BCUT2D eigenvalue weighted by molar-refractivity contribution is -0.160. The summed E-state index contributed by atoms with van der Waals surface area (Å²) in [6, 6.07) is 0.134. The molecule has 3 heterocycles. The van der Waals surface area contributed by atoms with Gasteiger partial charge in [-0.3, -0.25) is 19.7 Å². The van der Waals surface area contributed by atoms with E-state index in [0.717, 1.165) is 51.7 Å². The number of amides is 2. The summed E-state index contributed by atoms with van der Waals surface area (Å²) in [4.78, 5) is 41.6. The number of hydrogen-bond donors (Lipinski definition) is 3. The van der Waals surface area contributed by atoms with Gasteiger partial charge < -0.3 is 20.3 Å². The Hall–Kier alpha value is -1.51. The smallest absolute Gasteiger partial charge is 0.232 e. The van der Waals surface area contributed by atoms with Crippen LogP contribution in [0, 0.1) is 52.3 Å². The number of hydrogen-bond acceptors (Lipinski definition) is 6. The number of rotatable bonds is 3. The molecular formula is C34H54N4O4. The van der Waals surface area contributed by atoms with Crippen molar-refractivity contribution in [1.29, 1.82) is 0 Å². The van der Waals surface area contributed by atoms with Crippen LogP contribution < -0.4 is 16.0 Å². The number of ketones is 1. The summed E-state index contributed by atoms with van der Waals surface area (Å²) in [5, 5.41) is 10.3. The predicted molar refractivity (Wildman–Crippen MR) is 160 cm³/mol. The number of piperidine rings is 1.